The number of anilines is 2. The number of nitrogens with zero attached hydrogens (tertiary/aromatic N) is 2. The number of rotatable bonds is 4. The first-order valence-corrected chi connectivity index (χ1v) is 7.81. The third kappa shape index (κ3) is 3.30. The Bertz CT molecular complexity index is 621. The largest absolute Gasteiger partial charge is 0.380 e. The van der Waals surface area contributed by atoms with Crippen LogP contribution in [-0.2, 0) is 6.54 Å². The van der Waals surface area contributed by atoms with Crippen molar-refractivity contribution < 1.29 is 0 Å². The average Bonchev–Trinajstić information content (AvgIpc) is 3.03. The summed E-state index contributed by atoms with van der Waals surface area (Å²) < 4.78 is 0. The van der Waals surface area contributed by atoms with Crippen molar-refractivity contribution in [2.45, 2.75) is 26.3 Å². The van der Waals surface area contributed by atoms with E-state index in [4.69, 9.17) is 11.6 Å². The van der Waals surface area contributed by atoms with E-state index in [-0.39, 0.29) is 0 Å². The molecule has 0 atom stereocenters. The van der Waals surface area contributed by atoms with Crippen LogP contribution in [0, 0.1) is 6.92 Å². The molecular weight excluding hydrogens is 282 g/mol. The zero-order valence-corrected chi connectivity index (χ0v) is 13.0. The first-order chi connectivity index (χ1) is 10.2. The molecule has 110 valence electrons. The number of aromatic nitrogens is 1. The van der Waals surface area contributed by atoms with E-state index in [9.17, 15) is 0 Å². The number of pyridine rings is 1. The fourth-order valence-corrected chi connectivity index (χ4v) is 2.88. The molecule has 1 aromatic heterocycles. The highest BCUT2D eigenvalue weighted by molar-refractivity contribution is 6.30. The summed E-state index contributed by atoms with van der Waals surface area (Å²) in [5, 5.41) is 4.01. The van der Waals surface area contributed by atoms with Crippen molar-refractivity contribution in [1.82, 2.24) is 4.98 Å². The van der Waals surface area contributed by atoms with Gasteiger partial charge in [0.1, 0.15) is 5.15 Å². The quantitative estimate of drug-likeness (QED) is 0.856. The Labute approximate surface area is 131 Å². The lowest BCUT2D eigenvalue weighted by atomic mass is 10.1. The van der Waals surface area contributed by atoms with E-state index in [2.05, 4.69) is 39.5 Å². The Kier molecular flexibility index (Phi) is 4.30. The van der Waals surface area contributed by atoms with E-state index in [0.717, 1.165) is 17.8 Å². The fraction of sp³-hybridized carbons (Fsp3) is 0.353. The van der Waals surface area contributed by atoms with E-state index in [1.54, 1.807) is 6.20 Å². The summed E-state index contributed by atoms with van der Waals surface area (Å²) in [6.07, 6.45) is 4.37. The summed E-state index contributed by atoms with van der Waals surface area (Å²) in [5.41, 5.74) is 4.68. The Hall–Kier alpha value is -1.74. The third-order valence-corrected chi connectivity index (χ3v) is 4.33. The van der Waals surface area contributed by atoms with Gasteiger partial charge in [-0.05, 0) is 43.0 Å². The lowest BCUT2D eigenvalue weighted by Crippen LogP contribution is -2.19. The number of hydrogen-bond donors (Lipinski definition) is 1. The van der Waals surface area contributed by atoms with Gasteiger partial charge in [0.25, 0.3) is 0 Å². The molecule has 21 heavy (non-hydrogen) atoms. The van der Waals surface area contributed by atoms with Crippen LogP contribution in [0.25, 0.3) is 0 Å². The fourth-order valence-electron chi connectivity index (χ4n) is 2.78. The van der Waals surface area contributed by atoms with Crippen LogP contribution in [0.5, 0.6) is 0 Å². The second kappa shape index (κ2) is 6.35. The Morgan fingerprint density at radius 2 is 2.00 bits per heavy atom. The minimum atomic E-state index is 0.568. The molecular formula is C17H20ClN3. The minimum Gasteiger partial charge on any atom is -0.380 e. The number of para-hydroxylation sites is 1. The predicted octanol–water partition coefficient (Wildman–Crippen LogP) is 4.26. The Balaban J connectivity index is 1.74. The van der Waals surface area contributed by atoms with E-state index in [1.165, 1.54) is 37.2 Å². The van der Waals surface area contributed by atoms with E-state index >= 15 is 0 Å². The van der Waals surface area contributed by atoms with Crippen LogP contribution >= 0.6 is 11.6 Å². The summed E-state index contributed by atoms with van der Waals surface area (Å²) in [5.74, 6) is 0. The smallest absolute Gasteiger partial charge is 0.132 e. The predicted molar refractivity (Wildman–Crippen MR) is 89.2 cm³/mol. The second-order valence-electron chi connectivity index (χ2n) is 5.51. The molecule has 3 nitrogen and oxygen atoms in total. The van der Waals surface area contributed by atoms with Crippen molar-refractivity contribution in [1.29, 1.82) is 0 Å². The van der Waals surface area contributed by atoms with Gasteiger partial charge in [0.05, 0.1) is 11.9 Å². The summed E-state index contributed by atoms with van der Waals surface area (Å²) in [6, 6.07) is 10.7. The molecule has 0 saturated carbocycles. The standard InChI is InChI=1S/C17H20ClN3/c1-13-10-15(12-20-17(13)18)19-11-14-6-2-3-7-16(14)21-8-4-5-9-21/h2-3,6-7,10,12,19H,4-5,8-9,11H2,1H3. The SMILES string of the molecule is Cc1cc(NCc2ccccc2N2CCCC2)cnc1Cl. The van der Waals surface area contributed by atoms with Crippen LogP contribution < -0.4 is 10.2 Å². The number of halogens is 1. The van der Waals surface area contributed by atoms with Gasteiger partial charge in [-0.1, -0.05) is 29.8 Å². The molecule has 0 amide bonds. The highest BCUT2D eigenvalue weighted by Gasteiger charge is 2.15. The highest BCUT2D eigenvalue weighted by atomic mass is 35.5. The van der Waals surface area contributed by atoms with Crippen molar-refractivity contribution >= 4 is 23.0 Å². The molecule has 2 aromatic rings. The molecule has 1 N–H and O–H groups in total. The lowest BCUT2D eigenvalue weighted by molar-refractivity contribution is 0.949. The molecule has 0 bridgehead atoms. The van der Waals surface area contributed by atoms with Crippen molar-refractivity contribution in [2.75, 3.05) is 23.3 Å². The zero-order chi connectivity index (χ0) is 14.7. The molecule has 1 aliphatic rings. The molecule has 0 aliphatic carbocycles. The molecule has 0 radical (unpaired) electrons. The van der Waals surface area contributed by atoms with E-state index in [0.29, 0.717) is 5.15 Å². The maximum absolute atomic E-state index is 5.96. The normalized spacial score (nSPS) is 14.5. The summed E-state index contributed by atoms with van der Waals surface area (Å²) in [4.78, 5) is 6.66. The first-order valence-electron chi connectivity index (χ1n) is 7.43. The number of benzene rings is 1. The van der Waals surface area contributed by atoms with Gasteiger partial charge in [0, 0.05) is 25.3 Å². The molecule has 2 heterocycles. The summed E-state index contributed by atoms with van der Waals surface area (Å²) in [7, 11) is 0. The van der Waals surface area contributed by atoms with Crippen LogP contribution in [-0.4, -0.2) is 18.1 Å². The van der Waals surface area contributed by atoms with Crippen LogP contribution in [0.1, 0.15) is 24.0 Å². The Morgan fingerprint density at radius 1 is 1.24 bits per heavy atom. The lowest BCUT2D eigenvalue weighted by Gasteiger charge is -2.21. The minimum absolute atomic E-state index is 0.568. The van der Waals surface area contributed by atoms with Crippen molar-refractivity contribution in [2.24, 2.45) is 0 Å². The monoisotopic (exact) mass is 301 g/mol. The molecule has 0 spiro atoms. The van der Waals surface area contributed by atoms with Crippen LogP contribution in [0.3, 0.4) is 0 Å². The van der Waals surface area contributed by atoms with Crippen LogP contribution in [0.15, 0.2) is 36.5 Å². The van der Waals surface area contributed by atoms with Gasteiger partial charge in [0.15, 0.2) is 0 Å². The third-order valence-electron chi connectivity index (χ3n) is 3.94. The number of nitrogens with one attached hydrogen (secondary N) is 1. The molecule has 1 fully saturated rings. The molecule has 0 unspecified atom stereocenters. The van der Waals surface area contributed by atoms with Gasteiger partial charge < -0.3 is 10.2 Å². The van der Waals surface area contributed by atoms with E-state index < -0.39 is 0 Å². The molecule has 3 rings (SSSR count). The van der Waals surface area contributed by atoms with E-state index in [1.807, 2.05) is 13.0 Å². The van der Waals surface area contributed by atoms with Gasteiger partial charge in [-0.3, -0.25) is 0 Å². The van der Waals surface area contributed by atoms with Gasteiger partial charge in [-0.25, -0.2) is 4.98 Å². The van der Waals surface area contributed by atoms with Gasteiger partial charge in [-0.2, -0.15) is 0 Å². The van der Waals surface area contributed by atoms with Crippen molar-refractivity contribution in [3.8, 4) is 0 Å². The van der Waals surface area contributed by atoms with Crippen molar-refractivity contribution in [3.05, 3.63) is 52.8 Å². The Morgan fingerprint density at radius 3 is 2.76 bits per heavy atom. The number of aryl methyl sites for hydroxylation is 1. The summed E-state index contributed by atoms with van der Waals surface area (Å²) in [6.45, 7) is 5.10. The molecule has 1 aliphatic heterocycles. The highest BCUT2D eigenvalue weighted by Crippen LogP contribution is 2.25. The molecule has 1 aromatic carbocycles. The molecule has 4 heteroatoms. The summed E-state index contributed by atoms with van der Waals surface area (Å²) >= 11 is 5.96. The van der Waals surface area contributed by atoms with Crippen LogP contribution in [0.4, 0.5) is 11.4 Å². The first kappa shape index (κ1) is 14.2. The van der Waals surface area contributed by atoms with Crippen molar-refractivity contribution in [3.63, 3.8) is 0 Å². The zero-order valence-electron chi connectivity index (χ0n) is 12.3. The van der Waals surface area contributed by atoms with Gasteiger partial charge in [-0.15, -0.1) is 0 Å². The van der Waals surface area contributed by atoms with Crippen LogP contribution in [0.2, 0.25) is 5.15 Å². The van der Waals surface area contributed by atoms with Gasteiger partial charge in [0.2, 0.25) is 0 Å². The number of hydrogen-bond acceptors (Lipinski definition) is 3. The topological polar surface area (TPSA) is 28.2 Å². The molecule has 1 saturated heterocycles. The van der Waals surface area contributed by atoms with Gasteiger partial charge >= 0.3 is 0 Å². The average molecular weight is 302 g/mol. The maximum atomic E-state index is 5.96. The second-order valence-corrected chi connectivity index (χ2v) is 5.87. The maximum Gasteiger partial charge on any atom is 0.132 e.